The number of carbonyl (C=O) groups excluding carboxylic acids is 1. The average Bonchev–Trinajstić information content (AvgIpc) is 3.00. The Morgan fingerprint density at radius 2 is 1.36 bits per heavy atom. The minimum Gasteiger partial charge on any atom is -0.473 e. The van der Waals surface area contributed by atoms with E-state index in [0.29, 0.717) is 50.4 Å². The summed E-state index contributed by atoms with van der Waals surface area (Å²) in [6.07, 6.45) is 2.36. The fraction of sp³-hybridized carbons (Fsp3) is 0.333. The smallest absolute Gasteiger partial charge is 0.410 e. The van der Waals surface area contributed by atoms with Crippen LogP contribution in [0.3, 0.4) is 0 Å². The topological polar surface area (TPSA) is 60.9 Å². The molecule has 0 unspecified atom stereocenters. The van der Waals surface area contributed by atoms with E-state index in [4.69, 9.17) is 19.2 Å². The number of piperidine rings is 1. The molecule has 6 heteroatoms. The second-order valence-electron chi connectivity index (χ2n) is 11.8. The lowest BCUT2D eigenvalue weighted by molar-refractivity contribution is 0.0205. The summed E-state index contributed by atoms with van der Waals surface area (Å²) in [5, 5.41) is 0. The maximum Gasteiger partial charge on any atom is 0.410 e. The third-order valence-electron chi connectivity index (χ3n) is 7.35. The second-order valence-corrected chi connectivity index (χ2v) is 11.8. The molecule has 1 fully saturated rings. The molecular formula is C36H40N2O4. The molecule has 218 valence electrons. The van der Waals surface area contributed by atoms with Gasteiger partial charge in [-0.2, -0.15) is 4.98 Å². The van der Waals surface area contributed by atoms with E-state index in [9.17, 15) is 4.79 Å². The van der Waals surface area contributed by atoms with Gasteiger partial charge >= 0.3 is 6.09 Å². The summed E-state index contributed by atoms with van der Waals surface area (Å²) in [6.45, 7) is 8.03. The highest BCUT2D eigenvalue weighted by Gasteiger charge is 2.27. The van der Waals surface area contributed by atoms with Crippen molar-refractivity contribution >= 4 is 6.09 Å². The quantitative estimate of drug-likeness (QED) is 0.206. The van der Waals surface area contributed by atoms with Gasteiger partial charge in [0.05, 0.1) is 0 Å². The van der Waals surface area contributed by atoms with Crippen molar-refractivity contribution in [3.63, 3.8) is 0 Å². The van der Waals surface area contributed by atoms with E-state index >= 15 is 0 Å². The minimum absolute atomic E-state index is 0.216. The molecule has 5 rings (SSSR count). The third-order valence-corrected chi connectivity index (χ3v) is 7.35. The molecule has 2 heterocycles. The fourth-order valence-corrected chi connectivity index (χ4v) is 5.10. The van der Waals surface area contributed by atoms with Gasteiger partial charge < -0.3 is 19.1 Å². The van der Waals surface area contributed by atoms with Crippen molar-refractivity contribution in [2.24, 2.45) is 0 Å². The van der Waals surface area contributed by atoms with E-state index in [1.165, 1.54) is 11.1 Å². The first-order valence-electron chi connectivity index (χ1n) is 14.7. The van der Waals surface area contributed by atoms with E-state index in [1.54, 1.807) is 0 Å². The van der Waals surface area contributed by atoms with E-state index in [2.05, 4.69) is 24.3 Å². The van der Waals surface area contributed by atoms with Gasteiger partial charge in [-0.1, -0.05) is 84.9 Å². The Morgan fingerprint density at radius 1 is 0.762 bits per heavy atom. The summed E-state index contributed by atoms with van der Waals surface area (Å²) in [5.74, 6) is 1.56. The summed E-state index contributed by atoms with van der Waals surface area (Å²) in [4.78, 5) is 19.0. The lowest BCUT2D eigenvalue weighted by Crippen LogP contribution is -2.41. The van der Waals surface area contributed by atoms with Crippen LogP contribution in [0.1, 0.15) is 67.3 Å². The first-order valence-corrected chi connectivity index (χ1v) is 14.7. The number of benzene rings is 3. The van der Waals surface area contributed by atoms with Crippen LogP contribution in [0.5, 0.6) is 11.8 Å². The van der Waals surface area contributed by atoms with Crippen molar-refractivity contribution in [3.8, 4) is 11.8 Å². The van der Waals surface area contributed by atoms with E-state index in [-0.39, 0.29) is 6.09 Å². The molecule has 1 amide bonds. The van der Waals surface area contributed by atoms with Crippen LogP contribution in [-0.4, -0.2) is 34.7 Å². The normalized spacial score (nSPS) is 13.9. The van der Waals surface area contributed by atoms with Crippen LogP contribution in [0.15, 0.2) is 97.1 Å². The summed E-state index contributed by atoms with van der Waals surface area (Å²) in [7, 11) is 0. The van der Waals surface area contributed by atoms with Crippen molar-refractivity contribution in [2.75, 3.05) is 13.1 Å². The molecule has 0 aliphatic carbocycles. The van der Waals surface area contributed by atoms with Crippen LogP contribution in [0, 0.1) is 0 Å². The molecule has 0 bridgehead atoms. The van der Waals surface area contributed by atoms with Crippen molar-refractivity contribution in [2.45, 2.75) is 64.8 Å². The molecule has 42 heavy (non-hydrogen) atoms. The van der Waals surface area contributed by atoms with Crippen molar-refractivity contribution in [1.82, 2.24) is 9.88 Å². The Balaban J connectivity index is 1.23. The number of rotatable bonds is 9. The molecule has 1 saturated heterocycles. The van der Waals surface area contributed by atoms with Gasteiger partial charge in [0.15, 0.2) is 0 Å². The Hall–Kier alpha value is -4.32. The fourth-order valence-electron chi connectivity index (χ4n) is 5.10. The van der Waals surface area contributed by atoms with Crippen molar-refractivity contribution < 1.29 is 19.0 Å². The lowest BCUT2D eigenvalue weighted by atomic mass is 9.88. The van der Waals surface area contributed by atoms with Crippen LogP contribution < -0.4 is 9.47 Å². The van der Waals surface area contributed by atoms with Crippen LogP contribution >= 0.6 is 0 Å². The Morgan fingerprint density at radius 3 is 1.95 bits per heavy atom. The molecule has 0 N–H and O–H groups in total. The van der Waals surface area contributed by atoms with Crippen LogP contribution in [0.25, 0.3) is 0 Å². The van der Waals surface area contributed by atoms with Gasteiger partial charge in [-0.05, 0) is 67.9 Å². The molecule has 4 aromatic rings. The molecule has 1 aliphatic rings. The van der Waals surface area contributed by atoms with Gasteiger partial charge in [-0.25, -0.2) is 4.79 Å². The largest absolute Gasteiger partial charge is 0.473 e. The number of ether oxygens (including phenoxy) is 3. The third kappa shape index (κ3) is 8.35. The van der Waals surface area contributed by atoms with Crippen LogP contribution in [-0.2, 0) is 24.4 Å². The molecule has 6 nitrogen and oxygen atoms in total. The first kappa shape index (κ1) is 29.2. The molecule has 1 aliphatic heterocycles. The number of carbonyl (C=O) groups is 1. The molecule has 3 aromatic carbocycles. The Labute approximate surface area is 249 Å². The SMILES string of the molecule is CC(C)(C)OC(=O)N1CCC(c2ccc(Cc3ccc(OCc4ccccc4)nc3OCc3ccccc3)cc2)CC1. The number of likely N-dealkylation sites (tertiary alicyclic amines) is 1. The lowest BCUT2D eigenvalue weighted by Gasteiger charge is -2.33. The standard InChI is InChI=1S/C36H40N2O4/c1-36(2,3)42-35(39)38-22-20-31(21-23-38)30-16-14-27(15-17-30)24-32-18-19-33(40-25-28-10-6-4-7-11-28)37-34(32)41-26-29-12-8-5-9-13-29/h4-19,31H,20-26H2,1-3H3. The second kappa shape index (κ2) is 13.6. The Bertz CT molecular complexity index is 1430. The zero-order chi connectivity index (χ0) is 29.4. The van der Waals surface area contributed by atoms with Crippen LogP contribution in [0.2, 0.25) is 0 Å². The van der Waals surface area contributed by atoms with Gasteiger partial charge in [-0.3, -0.25) is 0 Å². The molecule has 0 spiro atoms. The summed E-state index contributed by atoms with van der Waals surface area (Å²) < 4.78 is 17.8. The van der Waals surface area contributed by atoms with Crippen molar-refractivity contribution in [3.05, 3.63) is 125 Å². The molecule has 0 atom stereocenters. The molecule has 0 radical (unpaired) electrons. The molecular weight excluding hydrogens is 524 g/mol. The van der Waals surface area contributed by atoms with Gasteiger partial charge in [0.25, 0.3) is 0 Å². The number of nitrogens with zero attached hydrogens (tertiary/aromatic N) is 2. The number of hydrogen-bond donors (Lipinski definition) is 0. The zero-order valence-electron chi connectivity index (χ0n) is 24.8. The van der Waals surface area contributed by atoms with Gasteiger partial charge in [-0.15, -0.1) is 0 Å². The van der Waals surface area contributed by atoms with Gasteiger partial charge in [0.2, 0.25) is 11.8 Å². The highest BCUT2D eigenvalue weighted by atomic mass is 16.6. The highest BCUT2D eigenvalue weighted by Crippen LogP contribution is 2.30. The minimum atomic E-state index is -0.471. The maximum absolute atomic E-state index is 12.4. The summed E-state index contributed by atoms with van der Waals surface area (Å²) in [6, 6.07) is 33.0. The van der Waals surface area contributed by atoms with Crippen LogP contribution in [0.4, 0.5) is 4.79 Å². The van der Waals surface area contributed by atoms with E-state index in [0.717, 1.165) is 29.5 Å². The van der Waals surface area contributed by atoms with Gasteiger partial charge in [0.1, 0.15) is 18.8 Å². The number of aromatic nitrogens is 1. The Kier molecular flexibility index (Phi) is 9.42. The van der Waals surface area contributed by atoms with E-state index in [1.807, 2.05) is 98.5 Å². The zero-order valence-corrected chi connectivity index (χ0v) is 24.8. The highest BCUT2D eigenvalue weighted by molar-refractivity contribution is 5.68. The summed E-state index contributed by atoms with van der Waals surface area (Å²) in [5.41, 5.74) is 5.21. The predicted octanol–water partition coefficient (Wildman–Crippen LogP) is 7.94. The molecule has 0 saturated carbocycles. The maximum atomic E-state index is 12.4. The first-order chi connectivity index (χ1) is 20.3. The number of amides is 1. The van der Waals surface area contributed by atoms with E-state index < -0.39 is 5.60 Å². The average molecular weight is 565 g/mol. The number of hydrogen-bond acceptors (Lipinski definition) is 5. The number of pyridine rings is 1. The predicted molar refractivity (Wildman–Crippen MR) is 165 cm³/mol. The van der Waals surface area contributed by atoms with Crippen molar-refractivity contribution in [1.29, 1.82) is 0 Å². The summed E-state index contributed by atoms with van der Waals surface area (Å²) >= 11 is 0. The monoisotopic (exact) mass is 564 g/mol. The molecule has 1 aromatic heterocycles. The van der Waals surface area contributed by atoms with Gasteiger partial charge in [0, 0.05) is 31.1 Å².